The van der Waals surface area contributed by atoms with E-state index in [0.717, 1.165) is 23.1 Å². The van der Waals surface area contributed by atoms with E-state index in [-0.39, 0.29) is 12.1 Å². The minimum Gasteiger partial charge on any atom is -0.490 e. The average molecular weight is 376 g/mol. The number of nitrogens with zero attached hydrogens (tertiary/aromatic N) is 1. The smallest absolute Gasteiger partial charge is 0.357 e. The molecule has 0 aliphatic carbocycles. The van der Waals surface area contributed by atoms with Gasteiger partial charge in [0.25, 0.3) is 0 Å². The van der Waals surface area contributed by atoms with E-state index >= 15 is 0 Å². The molecule has 1 saturated heterocycles. The molecule has 120 valence electrons. The zero-order chi connectivity index (χ0) is 16.1. The van der Waals surface area contributed by atoms with Gasteiger partial charge < -0.3 is 9.57 Å². The van der Waals surface area contributed by atoms with Crippen LogP contribution in [0.25, 0.3) is 0 Å². The van der Waals surface area contributed by atoms with E-state index in [4.69, 9.17) is 9.57 Å². The molecule has 3 rings (SSSR count). The second-order valence-electron chi connectivity index (χ2n) is 5.45. The van der Waals surface area contributed by atoms with Crippen molar-refractivity contribution in [1.29, 1.82) is 0 Å². The molecular formula is C18H18BrNO3. The molecule has 0 aromatic heterocycles. The highest BCUT2D eigenvalue weighted by molar-refractivity contribution is 9.10. The Kier molecular flexibility index (Phi) is 5.31. The Balaban J connectivity index is 1.48. The number of hydrogen-bond donors (Lipinski definition) is 0. The van der Waals surface area contributed by atoms with Crippen molar-refractivity contribution in [1.82, 2.24) is 5.06 Å². The van der Waals surface area contributed by atoms with E-state index in [1.165, 1.54) is 0 Å². The van der Waals surface area contributed by atoms with Gasteiger partial charge in [-0.25, -0.2) is 4.79 Å². The maximum atomic E-state index is 12.0. The summed E-state index contributed by atoms with van der Waals surface area (Å²) in [7, 11) is 0. The molecule has 2 aromatic rings. The van der Waals surface area contributed by atoms with Crippen LogP contribution in [0.5, 0.6) is 5.75 Å². The summed E-state index contributed by atoms with van der Waals surface area (Å²) in [5.74, 6) is 0.552. The molecule has 0 saturated carbocycles. The van der Waals surface area contributed by atoms with Gasteiger partial charge in [-0.3, -0.25) is 0 Å². The molecule has 1 aliphatic heterocycles. The third kappa shape index (κ3) is 4.56. The first kappa shape index (κ1) is 16.0. The van der Waals surface area contributed by atoms with Crippen molar-refractivity contribution >= 4 is 21.9 Å². The third-order valence-electron chi connectivity index (χ3n) is 3.72. The first-order valence-corrected chi connectivity index (χ1v) is 8.44. The fourth-order valence-corrected chi connectivity index (χ4v) is 2.90. The van der Waals surface area contributed by atoms with Gasteiger partial charge in [0.1, 0.15) is 11.9 Å². The fourth-order valence-electron chi connectivity index (χ4n) is 2.52. The van der Waals surface area contributed by atoms with Crippen LogP contribution in [0.4, 0.5) is 0 Å². The Morgan fingerprint density at radius 1 is 1.04 bits per heavy atom. The summed E-state index contributed by atoms with van der Waals surface area (Å²) in [6.07, 6.45) is 1.80. The lowest BCUT2D eigenvalue weighted by Crippen LogP contribution is -2.39. The zero-order valence-electron chi connectivity index (χ0n) is 12.7. The second-order valence-corrected chi connectivity index (χ2v) is 6.36. The highest BCUT2D eigenvalue weighted by Gasteiger charge is 2.23. The predicted molar refractivity (Wildman–Crippen MR) is 91.2 cm³/mol. The van der Waals surface area contributed by atoms with Crippen molar-refractivity contribution in [2.45, 2.75) is 18.9 Å². The van der Waals surface area contributed by atoms with Gasteiger partial charge in [-0.1, -0.05) is 40.2 Å². The Hall–Kier alpha value is -1.85. The van der Waals surface area contributed by atoms with Crippen molar-refractivity contribution < 1.29 is 14.4 Å². The zero-order valence-corrected chi connectivity index (χ0v) is 14.2. The van der Waals surface area contributed by atoms with Crippen LogP contribution in [-0.4, -0.2) is 30.2 Å². The predicted octanol–water partition coefficient (Wildman–Crippen LogP) is 4.06. The number of halogens is 1. The Morgan fingerprint density at radius 2 is 1.78 bits per heavy atom. The SMILES string of the molecule is O=C(ON1CCC(Oc2cccc(Br)c2)CC1)c1ccccc1. The molecule has 0 radical (unpaired) electrons. The molecule has 2 aromatic carbocycles. The molecule has 4 nitrogen and oxygen atoms in total. The Labute approximate surface area is 144 Å². The molecule has 0 bridgehead atoms. The van der Waals surface area contributed by atoms with Gasteiger partial charge in [0, 0.05) is 30.4 Å². The fraction of sp³-hybridized carbons (Fsp3) is 0.278. The number of rotatable bonds is 4. The van der Waals surface area contributed by atoms with Crippen LogP contribution in [0.3, 0.4) is 0 Å². The largest absolute Gasteiger partial charge is 0.490 e. The summed E-state index contributed by atoms with van der Waals surface area (Å²) in [6.45, 7) is 1.36. The lowest BCUT2D eigenvalue weighted by atomic mass is 10.1. The molecular weight excluding hydrogens is 358 g/mol. The number of hydroxylamine groups is 2. The van der Waals surface area contributed by atoms with Gasteiger partial charge >= 0.3 is 5.97 Å². The van der Waals surface area contributed by atoms with E-state index in [0.29, 0.717) is 18.7 Å². The number of ether oxygens (including phenoxy) is 1. The highest BCUT2D eigenvalue weighted by Crippen LogP contribution is 2.22. The molecule has 1 fully saturated rings. The molecule has 0 N–H and O–H groups in total. The summed E-state index contributed by atoms with van der Waals surface area (Å²) in [5.41, 5.74) is 0.569. The maximum Gasteiger partial charge on any atom is 0.357 e. The molecule has 1 heterocycles. The summed E-state index contributed by atoms with van der Waals surface area (Å²) in [5, 5.41) is 1.72. The number of piperidine rings is 1. The summed E-state index contributed by atoms with van der Waals surface area (Å²) < 4.78 is 6.98. The van der Waals surface area contributed by atoms with Crippen LogP contribution in [0.2, 0.25) is 0 Å². The normalized spacial score (nSPS) is 16.0. The van der Waals surface area contributed by atoms with Crippen molar-refractivity contribution in [3.05, 3.63) is 64.6 Å². The lowest BCUT2D eigenvalue weighted by Gasteiger charge is -2.30. The number of hydrogen-bond acceptors (Lipinski definition) is 4. The van der Waals surface area contributed by atoms with E-state index in [1.807, 2.05) is 42.5 Å². The summed E-state index contributed by atoms with van der Waals surface area (Å²) in [6, 6.07) is 16.9. The van der Waals surface area contributed by atoms with Crippen LogP contribution >= 0.6 is 15.9 Å². The van der Waals surface area contributed by atoms with Gasteiger partial charge in [-0.2, -0.15) is 0 Å². The van der Waals surface area contributed by atoms with Gasteiger partial charge in [-0.15, -0.1) is 5.06 Å². The van der Waals surface area contributed by atoms with Crippen LogP contribution in [0.1, 0.15) is 23.2 Å². The lowest BCUT2D eigenvalue weighted by molar-refractivity contribution is -0.131. The Bertz CT molecular complexity index is 654. The van der Waals surface area contributed by atoms with Gasteiger partial charge in [-0.05, 0) is 30.3 Å². The minimum absolute atomic E-state index is 0.149. The van der Waals surface area contributed by atoms with Gasteiger partial charge in [0.15, 0.2) is 0 Å². The monoisotopic (exact) mass is 375 g/mol. The summed E-state index contributed by atoms with van der Waals surface area (Å²) in [4.78, 5) is 17.4. The first-order chi connectivity index (χ1) is 11.2. The van der Waals surface area contributed by atoms with Crippen LogP contribution < -0.4 is 4.74 Å². The van der Waals surface area contributed by atoms with Gasteiger partial charge in [0.2, 0.25) is 0 Å². The average Bonchev–Trinajstić information content (AvgIpc) is 2.57. The maximum absolute atomic E-state index is 12.0. The van der Waals surface area contributed by atoms with Crippen LogP contribution in [0, 0.1) is 0 Å². The molecule has 1 aliphatic rings. The topological polar surface area (TPSA) is 38.8 Å². The van der Waals surface area contributed by atoms with Crippen LogP contribution in [0.15, 0.2) is 59.1 Å². The van der Waals surface area contributed by atoms with Crippen molar-refractivity contribution in [3.63, 3.8) is 0 Å². The number of carbonyl (C=O) groups excluding carboxylic acids is 1. The highest BCUT2D eigenvalue weighted by atomic mass is 79.9. The van der Waals surface area contributed by atoms with Gasteiger partial charge in [0.05, 0.1) is 5.56 Å². The number of carbonyl (C=O) groups is 1. The van der Waals surface area contributed by atoms with E-state index in [9.17, 15) is 4.79 Å². The molecule has 5 heteroatoms. The quantitative estimate of drug-likeness (QED) is 0.807. The van der Waals surface area contributed by atoms with E-state index in [2.05, 4.69) is 15.9 Å². The Morgan fingerprint density at radius 3 is 2.48 bits per heavy atom. The second kappa shape index (κ2) is 7.62. The molecule has 0 atom stereocenters. The standard InChI is InChI=1S/C18H18BrNO3/c19-15-7-4-8-17(13-15)22-16-9-11-20(12-10-16)23-18(21)14-5-2-1-3-6-14/h1-8,13,16H,9-12H2. The third-order valence-corrected chi connectivity index (χ3v) is 4.21. The minimum atomic E-state index is -0.308. The van der Waals surface area contributed by atoms with E-state index < -0.39 is 0 Å². The summed E-state index contributed by atoms with van der Waals surface area (Å²) >= 11 is 3.44. The van der Waals surface area contributed by atoms with Crippen molar-refractivity contribution in [3.8, 4) is 5.75 Å². The number of benzene rings is 2. The van der Waals surface area contributed by atoms with Crippen molar-refractivity contribution in [2.75, 3.05) is 13.1 Å². The molecule has 23 heavy (non-hydrogen) atoms. The van der Waals surface area contributed by atoms with Crippen LogP contribution in [-0.2, 0) is 4.84 Å². The molecule has 0 spiro atoms. The van der Waals surface area contributed by atoms with Crippen molar-refractivity contribution in [2.24, 2.45) is 0 Å². The van der Waals surface area contributed by atoms with E-state index in [1.54, 1.807) is 17.2 Å². The molecule has 0 amide bonds. The first-order valence-electron chi connectivity index (χ1n) is 7.65. The molecule has 0 unspecified atom stereocenters.